The van der Waals surface area contributed by atoms with Crippen LogP contribution in [-0.2, 0) is 0 Å². The Hall–Kier alpha value is -2.25. The highest BCUT2D eigenvalue weighted by atomic mass is 19.1. The quantitative estimate of drug-likeness (QED) is 0.516. The zero-order chi connectivity index (χ0) is 20.6. The molecule has 0 aliphatic carbocycles. The molecule has 3 aromatic rings. The number of benzene rings is 2. The number of fused-ring (bicyclic) bond motifs is 1. The fraction of sp³-hybridized carbons (Fsp3) is 0.417. The first kappa shape index (κ1) is 19.7. The Morgan fingerprint density at radius 2 is 1.83 bits per heavy atom. The molecule has 0 spiro atoms. The van der Waals surface area contributed by atoms with Crippen LogP contribution < -0.4 is 5.32 Å². The summed E-state index contributed by atoms with van der Waals surface area (Å²) in [7, 11) is 0. The standard InChI is InChI=1S/C24H29FN4O/c25-20-5-7-21(8-6-20)28-17-23(22-3-1-2-4-24(22)28)19-9-12-27(13-10-19)14-16-29(30)15-11-26-18-29/h1-8,17,19,26H,9-16,18H2. The van der Waals surface area contributed by atoms with Crippen molar-refractivity contribution >= 4 is 10.9 Å². The molecule has 6 heteroatoms. The third kappa shape index (κ3) is 3.88. The van der Waals surface area contributed by atoms with E-state index in [-0.39, 0.29) is 10.5 Å². The van der Waals surface area contributed by atoms with Crippen molar-refractivity contribution in [1.82, 2.24) is 14.8 Å². The Bertz CT molecular complexity index is 1000. The second-order valence-electron chi connectivity index (χ2n) is 8.73. The van der Waals surface area contributed by atoms with Crippen LogP contribution in [0.2, 0.25) is 0 Å². The summed E-state index contributed by atoms with van der Waals surface area (Å²) in [5.74, 6) is 0.298. The molecule has 2 aliphatic rings. The van der Waals surface area contributed by atoms with Crippen LogP contribution in [-0.4, -0.2) is 60.1 Å². The van der Waals surface area contributed by atoms with Gasteiger partial charge in [0, 0.05) is 23.8 Å². The Kier molecular flexibility index (Phi) is 5.33. The van der Waals surface area contributed by atoms with Crippen molar-refractivity contribution in [3.05, 3.63) is 71.3 Å². The van der Waals surface area contributed by atoms with Crippen LogP contribution in [0, 0.1) is 11.0 Å². The molecule has 3 heterocycles. The number of hydroxylamine groups is 3. The molecule has 1 N–H and O–H groups in total. The lowest BCUT2D eigenvalue weighted by atomic mass is 9.89. The highest BCUT2D eigenvalue weighted by Gasteiger charge is 2.27. The van der Waals surface area contributed by atoms with E-state index in [4.69, 9.17) is 0 Å². The highest BCUT2D eigenvalue weighted by Crippen LogP contribution is 2.35. The second-order valence-corrected chi connectivity index (χ2v) is 8.73. The van der Waals surface area contributed by atoms with Gasteiger partial charge in [-0.15, -0.1) is 0 Å². The SMILES string of the molecule is [O-][N+]1(CCN2CCC(c3cn(-c4ccc(F)cc4)c4ccccc34)CC2)CCNC1. The van der Waals surface area contributed by atoms with Crippen LogP contribution >= 0.6 is 0 Å². The summed E-state index contributed by atoms with van der Waals surface area (Å²) in [5.41, 5.74) is 3.53. The van der Waals surface area contributed by atoms with Gasteiger partial charge in [0.25, 0.3) is 0 Å². The van der Waals surface area contributed by atoms with Gasteiger partial charge in [-0.05, 0) is 67.7 Å². The average molecular weight is 409 g/mol. The summed E-state index contributed by atoms with van der Waals surface area (Å²) in [6.07, 6.45) is 4.45. The van der Waals surface area contributed by atoms with Crippen LogP contribution in [0.5, 0.6) is 0 Å². The van der Waals surface area contributed by atoms with Gasteiger partial charge in [-0.25, -0.2) is 4.39 Å². The molecule has 0 bridgehead atoms. The van der Waals surface area contributed by atoms with E-state index in [9.17, 15) is 9.60 Å². The van der Waals surface area contributed by atoms with Crippen LogP contribution in [0.25, 0.3) is 16.6 Å². The molecule has 2 saturated heterocycles. The lowest BCUT2D eigenvalue weighted by molar-refractivity contribution is -0.868. The number of hydrogen-bond acceptors (Lipinski definition) is 3. The monoisotopic (exact) mass is 408 g/mol. The number of nitrogens with one attached hydrogen (secondary N) is 1. The van der Waals surface area contributed by atoms with Gasteiger partial charge < -0.3 is 14.4 Å². The van der Waals surface area contributed by atoms with Gasteiger partial charge in [0.1, 0.15) is 12.5 Å². The molecule has 2 aliphatic heterocycles. The minimum atomic E-state index is -0.213. The van der Waals surface area contributed by atoms with E-state index in [1.54, 1.807) is 0 Å². The van der Waals surface area contributed by atoms with Crippen LogP contribution in [0.3, 0.4) is 0 Å². The van der Waals surface area contributed by atoms with E-state index in [0.29, 0.717) is 25.7 Å². The second kappa shape index (κ2) is 8.12. The Labute approximate surface area is 176 Å². The molecule has 30 heavy (non-hydrogen) atoms. The third-order valence-corrected chi connectivity index (χ3v) is 6.79. The van der Waals surface area contributed by atoms with Crippen molar-refractivity contribution in [1.29, 1.82) is 0 Å². The van der Waals surface area contributed by atoms with E-state index in [2.05, 4.69) is 45.2 Å². The summed E-state index contributed by atoms with van der Waals surface area (Å²) in [5, 5.41) is 17.0. The number of para-hydroxylation sites is 1. The fourth-order valence-electron chi connectivity index (χ4n) is 4.97. The minimum Gasteiger partial charge on any atom is -0.632 e. The van der Waals surface area contributed by atoms with Gasteiger partial charge in [0.2, 0.25) is 0 Å². The van der Waals surface area contributed by atoms with Gasteiger partial charge >= 0.3 is 0 Å². The molecule has 2 fully saturated rings. The maximum atomic E-state index is 13.4. The molecule has 1 unspecified atom stereocenters. The predicted molar refractivity (Wildman–Crippen MR) is 118 cm³/mol. The fourth-order valence-corrected chi connectivity index (χ4v) is 4.97. The molecule has 5 rings (SSSR count). The van der Waals surface area contributed by atoms with Crippen molar-refractivity contribution < 1.29 is 9.04 Å². The number of piperidine rings is 1. The van der Waals surface area contributed by atoms with Crippen molar-refractivity contribution in [2.75, 3.05) is 45.9 Å². The number of rotatable bonds is 5. The molecule has 2 aromatic carbocycles. The highest BCUT2D eigenvalue weighted by molar-refractivity contribution is 5.86. The van der Waals surface area contributed by atoms with Crippen LogP contribution in [0.15, 0.2) is 54.7 Å². The van der Waals surface area contributed by atoms with Crippen LogP contribution in [0.1, 0.15) is 24.3 Å². The molecule has 0 amide bonds. The van der Waals surface area contributed by atoms with E-state index >= 15 is 0 Å². The predicted octanol–water partition coefficient (Wildman–Crippen LogP) is 3.82. The first-order chi connectivity index (χ1) is 14.6. The molecule has 158 valence electrons. The van der Waals surface area contributed by atoms with Crippen molar-refractivity contribution in [3.63, 3.8) is 0 Å². The molecule has 1 aromatic heterocycles. The van der Waals surface area contributed by atoms with E-state index in [1.807, 2.05) is 12.1 Å². The number of aromatic nitrogens is 1. The summed E-state index contributed by atoms with van der Waals surface area (Å²) in [6.45, 7) is 5.72. The molecule has 5 nitrogen and oxygen atoms in total. The zero-order valence-corrected chi connectivity index (χ0v) is 17.3. The number of quaternary nitrogens is 1. The number of halogens is 1. The molecular weight excluding hydrogens is 379 g/mol. The average Bonchev–Trinajstić information content (AvgIpc) is 3.38. The smallest absolute Gasteiger partial charge is 0.132 e. The molecule has 0 saturated carbocycles. The zero-order valence-electron chi connectivity index (χ0n) is 17.3. The number of likely N-dealkylation sites (tertiary alicyclic amines) is 1. The van der Waals surface area contributed by atoms with E-state index in [1.165, 1.54) is 28.6 Å². The Morgan fingerprint density at radius 3 is 2.57 bits per heavy atom. The van der Waals surface area contributed by atoms with Crippen molar-refractivity contribution in [2.45, 2.75) is 18.8 Å². The molecule has 0 radical (unpaired) electrons. The molecular formula is C24H29FN4O. The first-order valence-electron chi connectivity index (χ1n) is 11.0. The minimum absolute atomic E-state index is 0.0922. The summed E-state index contributed by atoms with van der Waals surface area (Å²) >= 11 is 0. The van der Waals surface area contributed by atoms with Gasteiger partial charge in [0.15, 0.2) is 0 Å². The summed E-state index contributed by atoms with van der Waals surface area (Å²) < 4.78 is 15.5. The number of hydrogen-bond donors (Lipinski definition) is 1. The van der Waals surface area contributed by atoms with Gasteiger partial charge in [-0.3, -0.25) is 10.2 Å². The van der Waals surface area contributed by atoms with Crippen molar-refractivity contribution in [3.8, 4) is 5.69 Å². The normalized spacial score (nSPS) is 23.4. The summed E-state index contributed by atoms with van der Waals surface area (Å²) in [6, 6.07) is 15.2. The topological polar surface area (TPSA) is 43.3 Å². The first-order valence-corrected chi connectivity index (χ1v) is 11.0. The lowest BCUT2D eigenvalue weighted by Gasteiger charge is -2.40. The Morgan fingerprint density at radius 1 is 1.07 bits per heavy atom. The summed E-state index contributed by atoms with van der Waals surface area (Å²) in [4.78, 5) is 2.45. The Balaban J connectivity index is 1.31. The maximum absolute atomic E-state index is 13.4. The van der Waals surface area contributed by atoms with E-state index in [0.717, 1.165) is 44.7 Å². The largest absolute Gasteiger partial charge is 0.632 e. The van der Waals surface area contributed by atoms with Gasteiger partial charge in [0.05, 0.1) is 25.2 Å². The van der Waals surface area contributed by atoms with Crippen LogP contribution in [0.4, 0.5) is 4.39 Å². The van der Waals surface area contributed by atoms with Gasteiger partial charge in [-0.2, -0.15) is 0 Å². The molecule has 1 atom stereocenters. The third-order valence-electron chi connectivity index (χ3n) is 6.79. The maximum Gasteiger partial charge on any atom is 0.132 e. The van der Waals surface area contributed by atoms with Gasteiger partial charge in [-0.1, -0.05) is 18.2 Å². The lowest BCUT2D eigenvalue weighted by Crippen LogP contribution is -2.47. The van der Waals surface area contributed by atoms with Crippen molar-refractivity contribution in [2.24, 2.45) is 0 Å². The number of nitrogens with zero attached hydrogens (tertiary/aromatic N) is 3. The van der Waals surface area contributed by atoms with E-state index < -0.39 is 0 Å².